The zero-order valence-corrected chi connectivity index (χ0v) is 12.8. The number of rotatable bonds is 5. The first kappa shape index (κ1) is 14.7. The van der Waals surface area contributed by atoms with Gasteiger partial charge in [0.05, 0.1) is 5.69 Å². The molecule has 0 aliphatic heterocycles. The number of nitrogens with zero attached hydrogens (tertiary/aromatic N) is 2. The molecule has 0 bridgehead atoms. The monoisotopic (exact) mass is 298 g/mol. The van der Waals surface area contributed by atoms with E-state index in [1.165, 1.54) is 25.4 Å². The second-order valence-electron chi connectivity index (χ2n) is 5.71. The van der Waals surface area contributed by atoms with E-state index in [4.69, 9.17) is 5.41 Å². The molecule has 0 spiro atoms. The first-order chi connectivity index (χ1) is 10.8. The van der Waals surface area contributed by atoms with Crippen LogP contribution < -0.4 is 10.6 Å². The number of aromatic amines is 1. The van der Waals surface area contributed by atoms with Gasteiger partial charge in [-0.25, -0.2) is 9.97 Å². The van der Waals surface area contributed by atoms with E-state index in [0.717, 1.165) is 35.1 Å². The summed E-state index contributed by atoms with van der Waals surface area (Å²) < 4.78 is 0. The van der Waals surface area contributed by atoms with Crippen LogP contribution in [0.5, 0.6) is 0 Å². The summed E-state index contributed by atoms with van der Waals surface area (Å²) in [5.74, 6) is 0. The van der Waals surface area contributed by atoms with Gasteiger partial charge in [-0.2, -0.15) is 0 Å². The standard InChI is InChI=1S/C16H22N6/c1-18-12-2-4-13(5-3-12)20-9-11(8-17)15-14-6-7-19-16(14)22-10-21-15/h6-10,12-13,17-18,20H,2-5H2,1H3,(H,19,21,22)/b11-9+,17-8?. The van der Waals surface area contributed by atoms with E-state index in [2.05, 4.69) is 25.6 Å². The van der Waals surface area contributed by atoms with Gasteiger partial charge in [-0.3, -0.25) is 0 Å². The molecular formula is C16H22N6. The van der Waals surface area contributed by atoms with E-state index in [9.17, 15) is 0 Å². The van der Waals surface area contributed by atoms with E-state index >= 15 is 0 Å². The minimum atomic E-state index is 0.475. The van der Waals surface area contributed by atoms with Gasteiger partial charge in [0.1, 0.15) is 12.0 Å². The van der Waals surface area contributed by atoms with Crippen LogP contribution in [0.4, 0.5) is 0 Å². The molecule has 2 heterocycles. The third-order valence-corrected chi connectivity index (χ3v) is 4.39. The van der Waals surface area contributed by atoms with E-state index in [1.54, 1.807) is 0 Å². The molecule has 6 heteroatoms. The van der Waals surface area contributed by atoms with Crippen molar-refractivity contribution in [3.8, 4) is 0 Å². The molecular weight excluding hydrogens is 276 g/mol. The predicted molar refractivity (Wildman–Crippen MR) is 88.9 cm³/mol. The third kappa shape index (κ3) is 3.01. The van der Waals surface area contributed by atoms with Crippen molar-refractivity contribution in [1.29, 1.82) is 5.41 Å². The van der Waals surface area contributed by atoms with Crippen molar-refractivity contribution in [2.45, 2.75) is 37.8 Å². The molecule has 0 atom stereocenters. The molecule has 3 rings (SSSR count). The van der Waals surface area contributed by atoms with E-state index in [1.807, 2.05) is 25.5 Å². The smallest absolute Gasteiger partial charge is 0.141 e. The Kier molecular flexibility index (Phi) is 4.48. The lowest BCUT2D eigenvalue weighted by Gasteiger charge is -2.28. The van der Waals surface area contributed by atoms with Crippen molar-refractivity contribution in [2.24, 2.45) is 0 Å². The maximum absolute atomic E-state index is 7.69. The quantitative estimate of drug-likeness (QED) is 0.636. The van der Waals surface area contributed by atoms with Gasteiger partial charge in [0.2, 0.25) is 0 Å². The van der Waals surface area contributed by atoms with Gasteiger partial charge < -0.3 is 21.0 Å². The van der Waals surface area contributed by atoms with Crippen LogP contribution in [0.1, 0.15) is 31.4 Å². The van der Waals surface area contributed by atoms with Crippen LogP contribution in [0.3, 0.4) is 0 Å². The van der Waals surface area contributed by atoms with Crippen molar-refractivity contribution >= 4 is 22.8 Å². The van der Waals surface area contributed by atoms with E-state index in [0.29, 0.717) is 12.1 Å². The number of fused-ring (bicyclic) bond motifs is 1. The van der Waals surface area contributed by atoms with Crippen LogP contribution in [0.2, 0.25) is 0 Å². The molecule has 2 aromatic rings. The van der Waals surface area contributed by atoms with Gasteiger partial charge in [-0.05, 0) is 38.8 Å². The normalized spacial score (nSPS) is 22.7. The van der Waals surface area contributed by atoms with Gasteiger partial charge in [-0.15, -0.1) is 0 Å². The number of aromatic nitrogens is 3. The zero-order valence-electron chi connectivity index (χ0n) is 12.8. The molecule has 0 aromatic carbocycles. The first-order valence-electron chi connectivity index (χ1n) is 7.74. The van der Waals surface area contributed by atoms with E-state index in [-0.39, 0.29) is 0 Å². The summed E-state index contributed by atoms with van der Waals surface area (Å²) in [6, 6.07) is 3.06. The highest BCUT2D eigenvalue weighted by molar-refractivity contribution is 6.11. The first-order valence-corrected chi connectivity index (χ1v) is 7.74. The van der Waals surface area contributed by atoms with Crippen molar-refractivity contribution in [3.63, 3.8) is 0 Å². The molecule has 0 radical (unpaired) electrons. The maximum Gasteiger partial charge on any atom is 0.141 e. The highest BCUT2D eigenvalue weighted by Gasteiger charge is 2.19. The molecule has 4 N–H and O–H groups in total. The Morgan fingerprint density at radius 1 is 1.27 bits per heavy atom. The fraction of sp³-hybridized carbons (Fsp3) is 0.438. The molecule has 116 valence electrons. The Morgan fingerprint density at radius 2 is 2.05 bits per heavy atom. The molecule has 22 heavy (non-hydrogen) atoms. The lowest BCUT2D eigenvalue weighted by Crippen LogP contribution is -2.36. The highest BCUT2D eigenvalue weighted by atomic mass is 14.9. The van der Waals surface area contributed by atoms with Crippen LogP contribution in [-0.4, -0.2) is 40.3 Å². The number of allylic oxidation sites excluding steroid dienone is 1. The number of hydrogen-bond acceptors (Lipinski definition) is 5. The van der Waals surface area contributed by atoms with Crippen LogP contribution in [0, 0.1) is 5.41 Å². The van der Waals surface area contributed by atoms with Gasteiger partial charge in [0, 0.05) is 41.7 Å². The molecule has 6 nitrogen and oxygen atoms in total. The fourth-order valence-corrected chi connectivity index (χ4v) is 3.04. The summed E-state index contributed by atoms with van der Waals surface area (Å²) in [5, 5.41) is 15.4. The van der Waals surface area contributed by atoms with Crippen molar-refractivity contribution < 1.29 is 0 Å². The topological polar surface area (TPSA) is 89.5 Å². The molecule has 0 saturated heterocycles. The molecule has 0 unspecified atom stereocenters. The lowest BCUT2D eigenvalue weighted by atomic mass is 9.91. The van der Waals surface area contributed by atoms with Gasteiger partial charge in [-0.1, -0.05) is 0 Å². The highest BCUT2D eigenvalue weighted by Crippen LogP contribution is 2.21. The Balaban J connectivity index is 1.74. The Morgan fingerprint density at radius 3 is 2.77 bits per heavy atom. The van der Waals surface area contributed by atoms with Gasteiger partial charge in [0.25, 0.3) is 0 Å². The van der Waals surface area contributed by atoms with Crippen LogP contribution >= 0.6 is 0 Å². The SMILES string of the molecule is CNC1CCC(N/C=C(\C=N)c2ncnc3[nH]ccc23)CC1. The molecule has 0 amide bonds. The summed E-state index contributed by atoms with van der Waals surface area (Å²) in [4.78, 5) is 11.6. The number of nitrogens with one attached hydrogen (secondary N) is 4. The largest absolute Gasteiger partial charge is 0.388 e. The number of H-pyrrole nitrogens is 1. The summed E-state index contributed by atoms with van der Waals surface area (Å²) in [6.45, 7) is 0. The van der Waals surface area contributed by atoms with Gasteiger partial charge in [0.15, 0.2) is 0 Å². The molecule has 1 aliphatic carbocycles. The molecule has 2 aromatic heterocycles. The zero-order chi connectivity index (χ0) is 15.4. The second-order valence-corrected chi connectivity index (χ2v) is 5.71. The lowest BCUT2D eigenvalue weighted by molar-refractivity contribution is 0.336. The third-order valence-electron chi connectivity index (χ3n) is 4.39. The molecule has 1 aliphatic rings. The predicted octanol–water partition coefficient (Wildman–Crippen LogP) is 2.07. The summed E-state index contributed by atoms with van der Waals surface area (Å²) in [5.41, 5.74) is 2.37. The van der Waals surface area contributed by atoms with Crippen molar-refractivity contribution in [3.05, 3.63) is 30.5 Å². The number of hydrogen-bond donors (Lipinski definition) is 4. The Hall–Kier alpha value is -2.21. The van der Waals surface area contributed by atoms with Crippen LogP contribution in [0.15, 0.2) is 24.8 Å². The summed E-state index contributed by atoms with van der Waals surface area (Å²) in [6.07, 6.45) is 11.3. The second kappa shape index (κ2) is 6.70. The molecule has 1 fully saturated rings. The minimum absolute atomic E-state index is 0.475. The average Bonchev–Trinajstić information content (AvgIpc) is 3.05. The minimum Gasteiger partial charge on any atom is -0.388 e. The summed E-state index contributed by atoms with van der Waals surface area (Å²) >= 11 is 0. The summed E-state index contributed by atoms with van der Waals surface area (Å²) in [7, 11) is 2.03. The molecule has 1 saturated carbocycles. The van der Waals surface area contributed by atoms with Crippen molar-refractivity contribution in [1.82, 2.24) is 25.6 Å². The van der Waals surface area contributed by atoms with Crippen LogP contribution in [0.25, 0.3) is 16.6 Å². The fourth-order valence-electron chi connectivity index (χ4n) is 3.04. The maximum atomic E-state index is 7.69. The Bertz CT molecular complexity index is 666. The van der Waals surface area contributed by atoms with Gasteiger partial charge >= 0.3 is 0 Å². The van der Waals surface area contributed by atoms with E-state index < -0.39 is 0 Å². The van der Waals surface area contributed by atoms with Crippen LogP contribution in [-0.2, 0) is 0 Å². The van der Waals surface area contributed by atoms with Crippen molar-refractivity contribution in [2.75, 3.05) is 7.05 Å². The Labute approximate surface area is 130 Å². The average molecular weight is 298 g/mol.